The van der Waals surface area contributed by atoms with Crippen molar-refractivity contribution < 1.29 is 13.2 Å². The number of piperidine rings is 1. The lowest BCUT2D eigenvalue weighted by atomic mass is 10.0. The van der Waals surface area contributed by atoms with Crippen LogP contribution in [0.5, 0.6) is 0 Å². The van der Waals surface area contributed by atoms with Gasteiger partial charge in [0.25, 0.3) is 10.0 Å². The van der Waals surface area contributed by atoms with Gasteiger partial charge in [-0.05, 0) is 48.8 Å². The average Bonchev–Trinajstić information content (AvgIpc) is 3.26. The molecular weight excluding hydrogens is 404 g/mol. The SMILES string of the molecule is CC1CC1C(NC(=O)Cc1ccc(S(=O)(=O)N2CCCCC2)s1)c1ccccc1. The van der Waals surface area contributed by atoms with Crippen LogP contribution in [0.15, 0.2) is 46.7 Å². The molecule has 2 heterocycles. The van der Waals surface area contributed by atoms with Gasteiger partial charge in [-0.3, -0.25) is 4.79 Å². The van der Waals surface area contributed by atoms with Crippen LogP contribution >= 0.6 is 11.3 Å². The van der Waals surface area contributed by atoms with Crippen LogP contribution in [0.4, 0.5) is 0 Å². The van der Waals surface area contributed by atoms with E-state index < -0.39 is 10.0 Å². The fourth-order valence-electron chi connectivity index (χ4n) is 4.12. The molecule has 0 spiro atoms. The number of hydrogen-bond donors (Lipinski definition) is 1. The molecule has 1 saturated carbocycles. The quantitative estimate of drug-likeness (QED) is 0.720. The first kappa shape index (κ1) is 20.6. The standard InChI is InChI=1S/C22H28N2O3S2/c1-16-14-19(16)22(17-8-4-2-5-9-17)23-20(25)15-18-10-11-21(28-18)29(26,27)24-12-6-3-7-13-24/h2,4-5,8-11,16,19,22H,3,6-7,12-15H2,1H3,(H,23,25). The monoisotopic (exact) mass is 432 g/mol. The van der Waals surface area contributed by atoms with Crippen LogP contribution in [0.2, 0.25) is 0 Å². The van der Waals surface area contributed by atoms with E-state index in [1.807, 2.05) is 18.2 Å². The van der Waals surface area contributed by atoms with Crippen LogP contribution in [0.3, 0.4) is 0 Å². The van der Waals surface area contributed by atoms with Crippen LogP contribution in [-0.4, -0.2) is 31.7 Å². The summed E-state index contributed by atoms with van der Waals surface area (Å²) in [5, 5.41) is 3.19. The third-order valence-corrected chi connectivity index (χ3v) is 9.41. The molecule has 3 unspecified atom stereocenters. The number of benzene rings is 1. The van der Waals surface area contributed by atoms with Crippen molar-refractivity contribution in [2.75, 3.05) is 13.1 Å². The number of hydrogen-bond acceptors (Lipinski definition) is 4. The van der Waals surface area contributed by atoms with E-state index in [0.717, 1.165) is 36.1 Å². The minimum atomic E-state index is -3.43. The molecule has 7 heteroatoms. The summed E-state index contributed by atoms with van der Waals surface area (Å²) < 4.78 is 27.6. The van der Waals surface area contributed by atoms with Gasteiger partial charge in [-0.15, -0.1) is 11.3 Å². The van der Waals surface area contributed by atoms with Crippen LogP contribution in [0.25, 0.3) is 0 Å². The van der Waals surface area contributed by atoms with E-state index >= 15 is 0 Å². The highest BCUT2D eigenvalue weighted by Gasteiger charge is 2.40. The van der Waals surface area contributed by atoms with Crippen molar-refractivity contribution in [3.8, 4) is 0 Å². The Morgan fingerprint density at radius 2 is 1.83 bits per heavy atom. The molecule has 0 bridgehead atoms. The summed E-state index contributed by atoms with van der Waals surface area (Å²) in [5.74, 6) is 1.03. The van der Waals surface area contributed by atoms with Crippen LogP contribution in [0.1, 0.15) is 49.1 Å². The maximum Gasteiger partial charge on any atom is 0.252 e. The predicted octanol–water partition coefficient (Wildman–Crippen LogP) is 3.98. The Morgan fingerprint density at radius 1 is 1.14 bits per heavy atom. The molecule has 2 aromatic rings. The molecule has 0 radical (unpaired) electrons. The third-order valence-electron chi connectivity index (χ3n) is 5.96. The normalized spacial score (nSPS) is 23.5. The highest BCUT2D eigenvalue weighted by molar-refractivity contribution is 7.91. The zero-order valence-electron chi connectivity index (χ0n) is 16.7. The molecule has 1 saturated heterocycles. The number of nitrogens with zero attached hydrogens (tertiary/aromatic N) is 1. The van der Waals surface area contributed by atoms with Gasteiger partial charge in [0.15, 0.2) is 0 Å². The second-order valence-electron chi connectivity index (χ2n) is 8.19. The van der Waals surface area contributed by atoms with E-state index in [1.54, 1.807) is 16.4 Å². The van der Waals surface area contributed by atoms with Crippen LogP contribution < -0.4 is 5.32 Å². The summed E-state index contributed by atoms with van der Waals surface area (Å²) in [6.45, 7) is 3.40. The van der Waals surface area contributed by atoms with Gasteiger partial charge in [-0.2, -0.15) is 4.31 Å². The molecule has 1 N–H and O–H groups in total. The Kier molecular flexibility index (Phi) is 6.08. The predicted molar refractivity (Wildman–Crippen MR) is 115 cm³/mol. The minimum absolute atomic E-state index is 0.0233. The molecule has 156 valence electrons. The molecule has 1 amide bonds. The highest BCUT2D eigenvalue weighted by atomic mass is 32.2. The fourth-order valence-corrected chi connectivity index (χ4v) is 7.15. The van der Waals surface area contributed by atoms with Crippen molar-refractivity contribution in [3.63, 3.8) is 0 Å². The minimum Gasteiger partial charge on any atom is -0.349 e. The average molecular weight is 433 g/mol. The van der Waals surface area contributed by atoms with Gasteiger partial charge in [-0.25, -0.2) is 8.42 Å². The lowest BCUT2D eigenvalue weighted by Gasteiger charge is -2.25. The topological polar surface area (TPSA) is 66.5 Å². The van der Waals surface area contributed by atoms with Crippen molar-refractivity contribution in [2.45, 2.75) is 49.3 Å². The summed E-state index contributed by atoms with van der Waals surface area (Å²) in [6.07, 6.45) is 4.26. The molecule has 1 aromatic carbocycles. The number of carbonyl (C=O) groups excluding carboxylic acids is 1. The molecule has 1 aliphatic heterocycles. The largest absolute Gasteiger partial charge is 0.349 e. The van der Waals surface area contributed by atoms with Gasteiger partial charge < -0.3 is 5.32 Å². The van der Waals surface area contributed by atoms with Gasteiger partial charge >= 0.3 is 0 Å². The molecule has 1 aromatic heterocycles. The number of thiophene rings is 1. The van der Waals surface area contributed by atoms with E-state index in [0.29, 0.717) is 29.1 Å². The van der Waals surface area contributed by atoms with E-state index in [-0.39, 0.29) is 18.4 Å². The first-order chi connectivity index (χ1) is 13.9. The number of sulfonamides is 1. The van der Waals surface area contributed by atoms with Gasteiger partial charge in [0, 0.05) is 18.0 Å². The van der Waals surface area contributed by atoms with Gasteiger partial charge in [0.1, 0.15) is 4.21 Å². The lowest BCUT2D eigenvalue weighted by Crippen LogP contribution is -2.35. The molecule has 2 aliphatic rings. The Hall–Kier alpha value is -1.70. The maximum absolute atomic E-state index is 12.8. The second-order valence-corrected chi connectivity index (χ2v) is 11.5. The number of carbonyl (C=O) groups is 1. The van der Waals surface area contributed by atoms with Crippen molar-refractivity contribution in [3.05, 3.63) is 52.9 Å². The second kappa shape index (κ2) is 8.58. The van der Waals surface area contributed by atoms with E-state index in [2.05, 4.69) is 24.4 Å². The van der Waals surface area contributed by atoms with E-state index in [9.17, 15) is 13.2 Å². The van der Waals surface area contributed by atoms with Crippen molar-refractivity contribution in [1.82, 2.24) is 9.62 Å². The summed E-state index contributed by atoms with van der Waals surface area (Å²) in [4.78, 5) is 13.5. The highest BCUT2D eigenvalue weighted by Crippen LogP contribution is 2.47. The van der Waals surface area contributed by atoms with Crippen molar-refractivity contribution >= 4 is 27.3 Å². The third kappa shape index (κ3) is 4.73. The Morgan fingerprint density at radius 3 is 2.48 bits per heavy atom. The molecule has 3 atom stereocenters. The van der Waals surface area contributed by atoms with Crippen molar-refractivity contribution in [1.29, 1.82) is 0 Å². The molecule has 29 heavy (non-hydrogen) atoms. The fraction of sp³-hybridized carbons (Fsp3) is 0.500. The molecule has 1 aliphatic carbocycles. The molecule has 4 rings (SSSR count). The number of rotatable bonds is 7. The number of amides is 1. The summed E-state index contributed by atoms with van der Waals surface area (Å²) >= 11 is 1.22. The first-order valence-electron chi connectivity index (χ1n) is 10.4. The van der Waals surface area contributed by atoms with Gasteiger partial charge in [-0.1, -0.05) is 43.7 Å². The Bertz CT molecular complexity index is 949. The van der Waals surface area contributed by atoms with E-state index in [4.69, 9.17) is 0 Å². The first-order valence-corrected chi connectivity index (χ1v) is 12.6. The maximum atomic E-state index is 12.8. The lowest BCUT2D eigenvalue weighted by molar-refractivity contribution is -0.121. The summed E-state index contributed by atoms with van der Waals surface area (Å²) in [7, 11) is -3.43. The van der Waals surface area contributed by atoms with Gasteiger partial charge in [0.2, 0.25) is 5.91 Å². The Balaban J connectivity index is 1.42. The number of nitrogens with one attached hydrogen (secondary N) is 1. The molecular formula is C22H28N2O3S2. The van der Waals surface area contributed by atoms with Gasteiger partial charge in [0.05, 0.1) is 12.5 Å². The zero-order chi connectivity index (χ0) is 20.4. The molecule has 2 fully saturated rings. The molecule has 5 nitrogen and oxygen atoms in total. The summed E-state index contributed by atoms with van der Waals surface area (Å²) in [6, 6.07) is 13.5. The smallest absolute Gasteiger partial charge is 0.252 e. The van der Waals surface area contributed by atoms with E-state index in [1.165, 1.54) is 11.3 Å². The van der Waals surface area contributed by atoms with Crippen molar-refractivity contribution in [2.24, 2.45) is 11.8 Å². The van der Waals surface area contributed by atoms with Crippen LogP contribution in [-0.2, 0) is 21.2 Å². The summed E-state index contributed by atoms with van der Waals surface area (Å²) in [5.41, 5.74) is 1.13. The Labute approximate surface area is 177 Å². The van der Waals surface area contributed by atoms with Crippen LogP contribution in [0, 0.1) is 11.8 Å². The zero-order valence-corrected chi connectivity index (χ0v) is 18.3.